The number of nitrogens with zero attached hydrogens (tertiary/aromatic N) is 3. The molecule has 0 unspecified atom stereocenters. The Hall–Kier alpha value is -4.10. The largest absolute Gasteiger partial charge is 0.494 e. The number of benzene rings is 2. The number of likely N-dealkylation sites (N-methyl/N-ethyl adjacent to an activating group) is 1. The molecule has 4 rings (SSSR count). The topological polar surface area (TPSA) is 138 Å². The van der Waals surface area contributed by atoms with Gasteiger partial charge in [0.1, 0.15) is 40.8 Å². The van der Waals surface area contributed by atoms with Crippen LogP contribution in [0.15, 0.2) is 30.6 Å². The van der Waals surface area contributed by atoms with Crippen LogP contribution in [0.4, 0.5) is 26.0 Å². The summed E-state index contributed by atoms with van der Waals surface area (Å²) >= 11 is 5.74. The van der Waals surface area contributed by atoms with E-state index in [1.54, 1.807) is 26.1 Å². The van der Waals surface area contributed by atoms with Crippen LogP contribution in [0.3, 0.4) is 0 Å². The summed E-state index contributed by atoms with van der Waals surface area (Å²) in [5.74, 6) is -2.54. The number of hydrogen-bond donors (Lipinski definition) is 4. The number of carbonyl (C=O) groups is 3. The van der Waals surface area contributed by atoms with Crippen molar-refractivity contribution in [3.8, 4) is 5.75 Å². The van der Waals surface area contributed by atoms with Gasteiger partial charge in [0, 0.05) is 18.0 Å². The molecule has 0 bridgehead atoms. The number of aromatic nitrogens is 2. The highest BCUT2D eigenvalue weighted by atomic mass is 35.5. The summed E-state index contributed by atoms with van der Waals surface area (Å²) in [6.45, 7) is 7.60. The first-order valence-corrected chi connectivity index (χ1v) is 14.5. The van der Waals surface area contributed by atoms with Gasteiger partial charge in [0.2, 0.25) is 17.7 Å². The zero-order valence-corrected chi connectivity index (χ0v) is 26.1. The minimum atomic E-state index is -0.989. The van der Waals surface area contributed by atoms with Crippen LogP contribution in [0.2, 0.25) is 5.02 Å². The van der Waals surface area contributed by atoms with Crippen LogP contribution in [0, 0.1) is 17.0 Å². The molecule has 1 saturated heterocycles. The molecule has 236 valence electrons. The lowest BCUT2D eigenvalue weighted by Gasteiger charge is -2.36. The van der Waals surface area contributed by atoms with Crippen molar-refractivity contribution in [2.45, 2.75) is 58.7 Å². The van der Waals surface area contributed by atoms with E-state index in [1.165, 1.54) is 24.4 Å². The van der Waals surface area contributed by atoms with Crippen molar-refractivity contribution in [3.63, 3.8) is 0 Å². The number of nitrogens with one attached hydrogen (secondary N) is 4. The molecule has 0 aliphatic carbocycles. The minimum absolute atomic E-state index is 0.109. The van der Waals surface area contributed by atoms with Crippen LogP contribution in [-0.2, 0) is 14.4 Å². The standard InChI is InChI=1S/C30H36ClF2N7O4/c1-15(34-5)27(41)39-25(30(2,3)4)29(43)40-11-7-8-21(40)28(42)38-20-12-16-19(13-22(20)44-6)35-14-36-26(16)37-18-10-9-17(32)23(31)24(18)33/h9-10,12-15,21,25,34H,7-8,11H2,1-6H3,(H,38,42)(H,39,41)(H,35,36,37)/t15-,21-,25+/m0/s1. The Morgan fingerprint density at radius 1 is 1.14 bits per heavy atom. The molecule has 4 N–H and O–H groups in total. The molecule has 2 aromatic carbocycles. The van der Waals surface area contributed by atoms with E-state index in [0.29, 0.717) is 36.0 Å². The van der Waals surface area contributed by atoms with Crippen molar-refractivity contribution in [1.29, 1.82) is 0 Å². The Morgan fingerprint density at radius 3 is 2.52 bits per heavy atom. The quantitative estimate of drug-likeness (QED) is 0.255. The molecule has 14 heteroatoms. The zero-order valence-electron chi connectivity index (χ0n) is 25.3. The fraction of sp³-hybridized carbons (Fsp3) is 0.433. The first-order chi connectivity index (χ1) is 20.8. The van der Waals surface area contributed by atoms with Crippen LogP contribution in [-0.4, -0.2) is 71.4 Å². The van der Waals surface area contributed by atoms with Gasteiger partial charge in [-0.05, 0) is 50.4 Å². The second kappa shape index (κ2) is 13.3. The van der Waals surface area contributed by atoms with Gasteiger partial charge < -0.3 is 30.9 Å². The molecular weight excluding hydrogens is 596 g/mol. The molecule has 3 aromatic rings. The minimum Gasteiger partial charge on any atom is -0.494 e. The van der Waals surface area contributed by atoms with E-state index in [4.69, 9.17) is 16.3 Å². The summed E-state index contributed by atoms with van der Waals surface area (Å²) in [6, 6.07) is 3.19. The third-order valence-electron chi connectivity index (χ3n) is 7.57. The summed E-state index contributed by atoms with van der Waals surface area (Å²) in [5, 5.41) is 11.1. The second-order valence-corrected chi connectivity index (χ2v) is 12.0. The summed E-state index contributed by atoms with van der Waals surface area (Å²) in [6.07, 6.45) is 2.28. The number of methoxy groups -OCH3 is 1. The van der Waals surface area contributed by atoms with Gasteiger partial charge >= 0.3 is 0 Å². The van der Waals surface area contributed by atoms with Gasteiger partial charge in [-0.25, -0.2) is 18.7 Å². The third kappa shape index (κ3) is 6.83. The summed E-state index contributed by atoms with van der Waals surface area (Å²) < 4.78 is 33.8. The van der Waals surface area contributed by atoms with Gasteiger partial charge in [-0.3, -0.25) is 14.4 Å². The van der Waals surface area contributed by atoms with Gasteiger partial charge in [-0.15, -0.1) is 0 Å². The molecule has 3 atom stereocenters. The number of rotatable bonds is 9. The Kier molecular flexibility index (Phi) is 9.89. The lowest BCUT2D eigenvalue weighted by Crippen LogP contribution is -2.59. The predicted octanol–water partition coefficient (Wildman–Crippen LogP) is 4.38. The predicted molar refractivity (Wildman–Crippen MR) is 164 cm³/mol. The molecule has 1 fully saturated rings. The van der Waals surface area contributed by atoms with E-state index in [1.807, 2.05) is 20.8 Å². The van der Waals surface area contributed by atoms with Gasteiger partial charge in [0.05, 0.1) is 30.0 Å². The highest BCUT2D eigenvalue weighted by Crippen LogP contribution is 2.35. The van der Waals surface area contributed by atoms with E-state index in [2.05, 4.69) is 31.2 Å². The second-order valence-electron chi connectivity index (χ2n) is 11.6. The van der Waals surface area contributed by atoms with Crippen molar-refractivity contribution < 1.29 is 27.9 Å². The number of amides is 3. The lowest BCUT2D eigenvalue weighted by molar-refractivity contribution is -0.143. The van der Waals surface area contributed by atoms with E-state index in [9.17, 15) is 23.2 Å². The average Bonchev–Trinajstić information content (AvgIpc) is 3.49. The van der Waals surface area contributed by atoms with Crippen molar-refractivity contribution in [1.82, 2.24) is 25.5 Å². The SMILES string of the molecule is CN[C@@H](C)C(=O)N[C@H](C(=O)N1CCC[C@H]1C(=O)Nc1cc2c(Nc3ccc(F)c(Cl)c3F)ncnc2cc1OC)C(C)(C)C. The Bertz CT molecular complexity index is 1580. The first-order valence-electron chi connectivity index (χ1n) is 14.1. The summed E-state index contributed by atoms with van der Waals surface area (Å²) in [4.78, 5) is 50.1. The van der Waals surface area contributed by atoms with Crippen LogP contribution >= 0.6 is 11.6 Å². The molecule has 3 amide bonds. The highest BCUT2D eigenvalue weighted by molar-refractivity contribution is 6.31. The van der Waals surface area contributed by atoms with Crippen LogP contribution in [0.1, 0.15) is 40.5 Å². The maximum atomic E-state index is 14.6. The molecule has 1 aliphatic rings. The Morgan fingerprint density at radius 2 is 1.86 bits per heavy atom. The van der Waals surface area contributed by atoms with Gasteiger partial charge in [0.15, 0.2) is 5.82 Å². The third-order valence-corrected chi connectivity index (χ3v) is 7.91. The molecule has 1 aromatic heterocycles. The summed E-state index contributed by atoms with van der Waals surface area (Å²) in [5.41, 5.74) is -0.0442. The van der Waals surface area contributed by atoms with Gasteiger partial charge in [-0.2, -0.15) is 0 Å². The molecule has 0 spiro atoms. The average molecular weight is 632 g/mol. The Labute approximate surface area is 259 Å². The molecule has 2 heterocycles. The highest BCUT2D eigenvalue weighted by Gasteiger charge is 2.42. The smallest absolute Gasteiger partial charge is 0.247 e. The van der Waals surface area contributed by atoms with E-state index >= 15 is 0 Å². The van der Waals surface area contributed by atoms with Crippen LogP contribution in [0.25, 0.3) is 10.9 Å². The van der Waals surface area contributed by atoms with E-state index in [-0.39, 0.29) is 29.0 Å². The number of fused-ring (bicyclic) bond motifs is 1. The number of hydrogen-bond acceptors (Lipinski definition) is 8. The fourth-order valence-corrected chi connectivity index (χ4v) is 5.10. The lowest BCUT2D eigenvalue weighted by atomic mass is 9.85. The molecule has 44 heavy (non-hydrogen) atoms. The van der Waals surface area contributed by atoms with Crippen molar-refractivity contribution in [3.05, 3.63) is 47.2 Å². The normalized spacial score (nSPS) is 16.4. The fourth-order valence-electron chi connectivity index (χ4n) is 4.93. The van der Waals surface area contributed by atoms with Crippen LogP contribution < -0.4 is 26.0 Å². The zero-order chi connectivity index (χ0) is 32.3. The number of halogens is 3. The number of anilines is 3. The summed E-state index contributed by atoms with van der Waals surface area (Å²) in [7, 11) is 3.09. The molecule has 0 radical (unpaired) electrons. The monoisotopic (exact) mass is 631 g/mol. The van der Waals surface area contributed by atoms with E-state index in [0.717, 1.165) is 6.07 Å². The van der Waals surface area contributed by atoms with Gasteiger partial charge in [0.25, 0.3) is 0 Å². The van der Waals surface area contributed by atoms with Crippen molar-refractivity contribution in [2.75, 3.05) is 31.3 Å². The van der Waals surface area contributed by atoms with Crippen LogP contribution in [0.5, 0.6) is 5.75 Å². The maximum Gasteiger partial charge on any atom is 0.247 e. The van der Waals surface area contributed by atoms with Crippen molar-refractivity contribution >= 4 is 57.4 Å². The van der Waals surface area contributed by atoms with E-state index < -0.39 is 46.1 Å². The molecular formula is C30H36ClF2N7O4. The van der Waals surface area contributed by atoms with Gasteiger partial charge in [-0.1, -0.05) is 32.4 Å². The first kappa shape index (κ1) is 32.8. The number of carbonyl (C=O) groups excluding carboxylic acids is 3. The maximum absolute atomic E-state index is 14.6. The number of likely N-dealkylation sites (tertiary alicyclic amines) is 1. The van der Waals surface area contributed by atoms with Crippen molar-refractivity contribution in [2.24, 2.45) is 5.41 Å². The molecule has 0 saturated carbocycles. The molecule has 11 nitrogen and oxygen atoms in total. The molecule has 1 aliphatic heterocycles. The Balaban J connectivity index is 1.62. The number of ether oxygens (including phenoxy) is 1.